The van der Waals surface area contributed by atoms with E-state index in [1.807, 2.05) is 0 Å². The molecule has 0 saturated heterocycles. The van der Waals surface area contributed by atoms with E-state index in [9.17, 15) is 13.2 Å². The summed E-state index contributed by atoms with van der Waals surface area (Å²) < 4.78 is 34.3. The van der Waals surface area contributed by atoms with Gasteiger partial charge in [-0.25, -0.2) is 4.79 Å². The van der Waals surface area contributed by atoms with Gasteiger partial charge in [-0.2, -0.15) is 8.42 Å². The second-order valence-electron chi connectivity index (χ2n) is 4.25. The quantitative estimate of drug-likeness (QED) is 0.573. The minimum Gasteiger partial charge on any atom is -0.465 e. The van der Waals surface area contributed by atoms with Crippen molar-refractivity contribution in [1.29, 1.82) is 0 Å². The van der Waals surface area contributed by atoms with Crippen LogP contribution < -0.4 is 4.18 Å². The molecule has 2 aromatic rings. The molecular weight excluding hydrogens is 387 g/mol. The molecular formula is C14H9Cl3O5S. The van der Waals surface area contributed by atoms with Crippen LogP contribution in [0.5, 0.6) is 5.75 Å². The first-order valence-electron chi connectivity index (χ1n) is 6.02. The summed E-state index contributed by atoms with van der Waals surface area (Å²) in [6.07, 6.45) is 0. The minimum atomic E-state index is -4.31. The Kier molecular flexibility index (Phi) is 5.41. The zero-order valence-electron chi connectivity index (χ0n) is 11.5. The van der Waals surface area contributed by atoms with Gasteiger partial charge in [0.05, 0.1) is 22.7 Å². The van der Waals surface area contributed by atoms with Gasteiger partial charge < -0.3 is 8.92 Å². The summed E-state index contributed by atoms with van der Waals surface area (Å²) >= 11 is 17.5. The van der Waals surface area contributed by atoms with Gasteiger partial charge >= 0.3 is 16.1 Å². The Morgan fingerprint density at radius 1 is 1.00 bits per heavy atom. The molecule has 23 heavy (non-hydrogen) atoms. The molecule has 0 fully saturated rings. The molecule has 2 aromatic carbocycles. The standard InChI is InChI=1S/C14H9Cl3O5S/c1-21-14(18)8-2-4-10(16)13(6-8)23(19,20)22-12-5-3-9(15)7-11(12)17/h2-7H,1H3. The molecule has 0 aromatic heterocycles. The number of hydrogen-bond acceptors (Lipinski definition) is 5. The third kappa shape index (κ3) is 4.09. The van der Waals surface area contributed by atoms with Crippen LogP contribution in [0, 0.1) is 0 Å². The first-order chi connectivity index (χ1) is 10.7. The van der Waals surface area contributed by atoms with E-state index >= 15 is 0 Å². The van der Waals surface area contributed by atoms with Gasteiger partial charge in [0.2, 0.25) is 0 Å². The summed E-state index contributed by atoms with van der Waals surface area (Å²) in [5, 5.41) is 0.231. The molecule has 0 aliphatic rings. The number of hydrogen-bond donors (Lipinski definition) is 0. The lowest BCUT2D eigenvalue weighted by Crippen LogP contribution is -2.12. The van der Waals surface area contributed by atoms with Gasteiger partial charge in [-0.05, 0) is 36.4 Å². The van der Waals surface area contributed by atoms with Crippen molar-refractivity contribution in [2.45, 2.75) is 4.90 Å². The number of esters is 1. The van der Waals surface area contributed by atoms with Crippen molar-refractivity contribution in [2.24, 2.45) is 0 Å². The van der Waals surface area contributed by atoms with E-state index in [0.717, 1.165) is 6.07 Å². The van der Waals surface area contributed by atoms with Crippen LogP contribution in [0.2, 0.25) is 15.1 Å². The van der Waals surface area contributed by atoms with E-state index in [4.69, 9.17) is 39.0 Å². The van der Waals surface area contributed by atoms with Crippen LogP contribution in [0.3, 0.4) is 0 Å². The molecule has 122 valence electrons. The number of halogens is 3. The summed E-state index contributed by atoms with van der Waals surface area (Å²) in [7, 11) is -3.14. The lowest BCUT2D eigenvalue weighted by molar-refractivity contribution is 0.0600. The Morgan fingerprint density at radius 2 is 1.70 bits per heavy atom. The molecule has 0 bridgehead atoms. The second kappa shape index (κ2) is 6.97. The van der Waals surface area contributed by atoms with E-state index in [-0.39, 0.29) is 26.3 Å². The SMILES string of the molecule is COC(=O)c1ccc(Cl)c(S(=O)(=O)Oc2ccc(Cl)cc2Cl)c1. The molecule has 0 spiro atoms. The lowest BCUT2D eigenvalue weighted by Gasteiger charge is -2.11. The maximum Gasteiger partial charge on any atom is 0.340 e. The largest absolute Gasteiger partial charge is 0.465 e. The Bertz CT molecular complexity index is 865. The Morgan fingerprint density at radius 3 is 2.30 bits per heavy atom. The third-order valence-corrected chi connectivity index (χ3v) is 4.96. The molecule has 5 nitrogen and oxygen atoms in total. The van der Waals surface area contributed by atoms with Gasteiger partial charge in [0, 0.05) is 5.02 Å². The van der Waals surface area contributed by atoms with Crippen LogP contribution in [0.25, 0.3) is 0 Å². The fourth-order valence-corrected chi connectivity index (χ4v) is 3.59. The van der Waals surface area contributed by atoms with Crippen molar-refractivity contribution >= 4 is 50.9 Å². The molecule has 0 amide bonds. The molecule has 0 N–H and O–H groups in total. The maximum atomic E-state index is 12.4. The molecule has 9 heteroatoms. The van der Waals surface area contributed by atoms with Crippen molar-refractivity contribution in [3.63, 3.8) is 0 Å². The van der Waals surface area contributed by atoms with Crippen molar-refractivity contribution in [3.05, 3.63) is 57.0 Å². The van der Waals surface area contributed by atoms with Gasteiger partial charge in [0.25, 0.3) is 0 Å². The highest BCUT2D eigenvalue weighted by Crippen LogP contribution is 2.32. The monoisotopic (exact) mass is 394 g/mol. The van der Waals surface area contributed by atoms with Gasteiger partial charge in [-0.15, -0.1) is 0 Å². The zero-order chi connectivity index (χ0) is 17.2. The van der Waals surface area contributed by atoms with Crippen molar-refractivity contribution in [3.8, 4) is 5.75 Å². The zero-order valence-corrected chi connectivity index (χ0v) is 14.6. The highest BCUT2D eigenvalue weighted by molar-refractivity contribution is 7.87. The molecule has 0 radical (unpaired) electrons. The minimum absolute atomic E-state index is 0.0151. The Hall–Kier alpha value is -1.47. The normalized spacial score (nSPS) is 11.1. The molecule has 0 aliphatic heterocycles. The van der Waals surface area contributed by atoms with Crippen LogP contribution in [-0.4, -0.2) is 21.5 Å². The maximum absolute atomic E-state index is 12.4. The number of methoxy groups -OCH3 is 1. The van der Waals surface area contributed by atoms with E-state index < -0.39 is 16.1 Å². The van der Waals surface area contributed by atoms with E-state index in [2.05, 4.69) is 4.74 Å². The number of carbonyl (C=O) groups excluding carboxylic acids is 1. The van der Waals surface area contributed by atoms with E-state index in [1.165, 1.54) is 37.4 Å². The molecule has 2 rings (SSSR count). The van der Waals surface area contributed by atoms with Crippen LogP contribution in [0.1, 0.15) is 10.4 Å². The summed E-state index contributed by atoms with van der Waals surface area (Å²) in [6, 6.07) is 7.72. The average molecular weight is 396 g/mol. The third-order valence-electron chi connectivity index (χ3n) is 2.72. The van der Waals surface area contributed by atoms with Gasteiger partial charge in [-0.1, -0.05) is 34.8 Å². The van der Waals surface area contributed by atoms with Crippen LogP contribution >= 0.6 is 34.8 Å². The van der Waals surface area contributed by atoms with Gasteiger partial charge in [0.15, 0.2) is 5.75 Å². The average Bonchev–Trinajstić information content (AvgIpc) is 2.49. The predicted octanol–water partition coefficient (Wildman–Crippen LogP) is 4.20. The molecule has 0 heterocycles. The molecule has 0 saturated carbocycles. The van der Waals surface area contributed by atoms with Crippen LogP contribution in [0.15, 0.2) is 41.3 Å². The topological polar surface area (TPSA) is 69.7 Å². The highest BCUT2D eigenvalue weighted by atomic mass is 35.5. The summed E-state index contributed by atoms with van der Waals surface area (Å²) in [6.45, 7) is 0. The Labute approximate surface area is 147 Å². The summed E-state index contributed by atoms with van der Waals surface area (Å²) in [5.74, 6) is -0.821. The summed E-state index contributed by atoms with van der Waals surface area (Å²) in [4.78, 5) is 11.1. The van der Waals surface area contributed by atoms with E-state index in [1.54, 1.807) is 0 Å². The second-order valence-corrected chi connectivity index (χ2v) is 7.01. The Balaban J connectivity index is 2.45. The number of carbonyl (C=O) groups is 1. The fourth-order valence-electron chi connectivity index (χ4n) is 1.65. The molecule has 0 atom stereocenters. The first-order valence-corrected chi connectivity index (χ1v) is 8.56. The number of benzene rings is 2. The predicted molar refractivity (Wildman–Crippen MR) is 87.1 cm³/mol. The van der Waals surface area contributed by atoms with Crippen molar-refractivity contribution < 1.29 is 22.1 Å². The van der Waals surface area contributed by atoms with Crippen molar-refractivity contribution in [2.75, 3.05) is 7.11 Å². The lowest BCUT2D eigenvalue weighted by atomic mass is 10.2. The first kappa shape index (κ1) is 17.9. The van der Waals surface area contributed by atoms with Crippen molar-refractivity contribution in [1.82, 2.24) is 0 Å². The number of ether oxygens (including phenoxy) is 1. The smallest absolute Gasteiger partial charge is 0.340 e. The van der Waals surface area contributed by atoms with Crippen LogP contribution in [-0.2, 0) is 14.9 Å². The van der Waals surface area contributed by atoms with E-state index in [0.29, 0.717) is 5.02 Å². The van der Waals surface area contributed by atoms with Gasteiger partial charge in [-0.3, -0.25) is 0 Å². The molecule has 0 unspecified atom stereocenters. The summed E-state index contributed by atoms with van der Waals surface area (Å²) in [5.41, 5.74) is 0.0151. The number of rotatable bonds is 4. The van der Waals surface area contributed by atoms with Gasteiger partial charge in [0.1, 0.15) is 4.90 Å². The van der Waals surface area contributed by atoms with Crippen LogP contribution in [0.4, 0.5) is 0 Å². The highest BCUT2D eigenvalue weighted by Gasteiger charge is 2.23. The fraction of sp³-hybridized carbons (Fsp3) is 0.0714. The molecule has 0 aliphatic carbocycles.